The lowest BCUT2D eigenvalue weighted by Crippen LogP contribution is -2.33. The van der Waals surface area contributed by atoms with Gasteiger partial charge >= 0.3 is 0 Å². The van der Waals surface area contributed by atoms with Crippen molar-refractivity contribution in [2.75, 3.05) is 6.54 Å². The van der Waals surface area contributed by atoms with Gasteiger partial charge in [0.05, 0.1) is 6.04 Å². The maximum atomic E-state index is 5.90. The first-order chi connectivity index (χ1) is 9.11. The lowest BCUT2D eigenvalue weighted by molar-refractivity contribution is 0.159. The second-order valence-corrected chi connectivity index (χ2v) is 6.41. The summed E-state index contributed by atoms with van der Waals surface area (Å²) in [4.78, 5) is 0. The average molecular weight is 263 g/mol. The second-order valence-electron chi connectivity index (χ2n) is 6.41. The van der Waals surface area contributed by atoms with E-state index in [-0.39, 0.29) is 0 Å². The third-order valence-corrected chi connectivity index (χ3v) is 4.79. The van der Waals surface area contributed by atoms with E-state index in [9.17, 15) is 0 Å². The summed E-state index contributed by atoms with van der Waals surface area (Å²) in [6.45, 7) is 10.1. The molecule has 2 nitrogen and oxygen atoms in total. The normalized spacial score (nSPS) is 29.4. The minimum atomic E-state index is 0.406. The summed E-state index contributed by atoms with van der Waals surface area (Å²) in [6.07, 6.45) is 5.18. The van der Waals surface area contributed by atoms with Crippen LogP contribution in [0.25, 0.3) is 0 Å². The minimum Gasteiger partial charge on any atom is -0.465 e. The van der Waals surface area contributed by atoms with Gasteiger partial charge in [-0.15, -0.1) is 0 Å². The predicted molar refractivity (Wildman–Crippen MR) is 80.1 cm³/mol. The molecule has 0 radical (unpaired) electrons. The van der Waals surface area contributed by atoms with E-state index in [1.54, 1.807) is 0 Å². The Bertz CT molecular complexity index is 384. The van der Waals surface area contributed by atoms with Gasteiger partial charge in [0.25, 0.3) is 0 Å². The summed E-state index contributed by atoms with van der Waals surface area (Å²) in [5, 5.41) is 3.71. The molecule has 1 aliphatic rings. The van der Waals surface area contributed by atoms with Crippen LogP contribution in [0.1, 0.15) is 64.0 Å². The number of nitrogens with one attached hydrogen (secondary N) is 1. The molecule has 1 aliphatic carbocycles. The number of hydrogen-bond acceptors (Lipinski definition) is 2. The Kier molecular flexibility index (Phi) is 5.09. The predicted octanol–water partition coefficient (Wildman–Crippen LogP) is 4.70. The van der Waals surface area contributed by atoms with Gasteiger partial charge in [0.1, 0.15) is 11.5 Å². The molecule has 4 unspecified atom stereocenters. The monoisotopic (exact) mass is 263 g/mol. The van der Waals surface area contributed by atoms with E-state index < -0.39 is 0 Å². The molecule has 0 spiro atoms. The molecule has 0 amide bonds. The van der Waals surface area contributed by atoms with Crippen LogP contribution in [0.15, 0.2) is 16.5 Å². The maximum absolute atomic E-state index is 5.90. The number of rotatable bonds is 5. The van der Waals surface area contributed by atoms with Gasteiger partial charge < -0.3 is 9.73 Å². The van der Waals surface area contributed by atoms with E-state index in [1.807, 2.05) is 6.92 Å². The van der Waals surface area contributed by atoms with Gasteiger partial charge in [-0.2, -0.15) is 0 Å². The highest BCUT2D eigenvalue weighted by Crippen LogP contribution is 2.40. The molecule has 2 heteroatoms. The summed E-state index contributed by atoms with van der Waals surface area (Å²) in [5.41, 5.74) is 0. The largest absolute Gasteiger partial charge is 0.465 e. The first-order valence-electron chi connectivity index (χ1n) is 7.91. The minimum absolute atomic E-state index is 0.406. The zero-order valence-electron chi connectivity index (χ0n) is 12.9. The van der Waals surface area contributed by atoms with Crippen LogP contribution < -0.4 is 5.32 Å². The van der Waals surface area contributed by atoms with Crippen molar-refractivity contribution in [3.63, 3.8) is 0 Å². The fraction of sp³-hybridized carbons (Fsp3) is 0.765. The SMILES string of the molecule is CCCNC(c1ccc(C)o1)C1CCC(C)C(C)C1. The van der Waals surface area contributed by atoms with Crippen molar-refractivity contribution >= 4 is 0 Å². The van der Waals surface area contributed by atoms with E-state index in [2.05, 4.69) is 38.2 Å². The maximum Gasteiger partial charge on any atom is 0.121 e. The van der Waals surface area contributed by atoms with E-state index >= 15 is 0 Å². The molecule has 1 aromatic heterocycles. The van der Waals surface area contributed by atoms with Crippen LogP contribution in [0.4, 0.5) is 0 Å². The lowest BCUT2D eigenvalue weighted by Gasteiger charge is -2.36. The smallest absolute Gasteiger partial charge is 0.121 e. The van der Waals surface area contributed by atoms with Crippen molar-refractivity contribution in [3.8, 4) is 0 Å². The fourth-order valence-electron chi connectivity index (χ4n) is 3.31. The lowest BCUT2D eigenvalue weighted by atomic mass is 9.73. The Hall–Kier alpha value is -0.760. The van der Waals surface area contributed by atoms with Gasteiger partial charge in [0.15, 0.2) is 0 Å². The summed E-state index contributed by atoms with van der Waals surface area (Å²) in [6, 6.07) is 4.65. The van der Waals surface area contributed by atoms with E-state index in [1.165, 1.54) is 25.7 Å². The van der Waals surface area contributed by atoms with Gasteiger partial charge in [-0.3, -0.25) is 0 Å². The van der Waals surface area contributed by atoms with Gasteiger partial charge in [0, 0.05) is 0 Å². The molecule has 1 heterocycles. The van der Waals surface area contributed by atoms with Crippen molar-refractivity contribution in [3.05, 3.63) is 23.7 Å². The van der Waals surface area contributed by atoms with Crippen molar-refractivity contribution in [1.29, 1.82) is 0 Å². The first kappa shape index (κ1) is 14.6. The highest BCUT2D eigenvalue weighted by molar-refractivity contribution is 5.11. The Morgan fingerprint density at radius 2 is 2.05 bits per heavy atom. The van der Waals surface area contributed by atoms with Crippen LogP contribution in [0.5, 0.6) is 0 Å². The van der Waals surface area contributed by atoms with E-state index in [0.29, 0.717) is 6.04 Å². The third-order valence-electron chi connectivity index (χ3n) is 4.79. The first-order valence-corrected chi connectivity index (χ1v) is 7.91. The van der Waals surface area contributed by atoms with Crippen LogP contribution in [-0.2, 0) is 0 Å². The van der Waals surface area contributed by atoms with Crippen molar-refractivity contribution in [1.82, 2.24) is 5.32 Å². The van der Waals surface area contributed by atoms with Crippen molar-refractivity contribution < 1.29 is 4.42 Å². The van der Waals surface area contributed by atoms with Crippen LogP contribution in [0.2, 0.25) is 0 Å². The van der Waals surface area contributed by atoms with Gasteiger partial charge in [-0.1, -0.05) is 27.2 Å². The standard InChI is InChI=1S/C17H29NO/c1-5-10-18-17(16-9-7-14(4)19-16)15-8-6-12(2)13(3)11-15/h7,9,12-13,15,17-18H,5-6,8,10-11H2,1-4H3. The molecule has 2 rings (SSSR count). The Balaban J connectivity index is 2.09. The molecular formula is C17H29NO. The van der Waals surface area contributed by atoms with Gasteiger partial charge in [0.2, 0.25) is 0 Å². The molecule has 0 saturated heterocycles. The van der Waals surface area contributed by atoms with E-state index in [4.69, 9.17) is 4.42 Å². The Morgan fingerprint density at radius 1 is 1.26 bits per heavy atom. The molecular weight excluding hydrogens is 234 g/mol. The molecule has 1 saturated carbocycles. The summed E-state index contributed by atoms with van der Waals surface area (Å²) in [5.74, 6) is 4.60. The topological polar surface area (TPSA) is 25.2 Å². The zero-order chi connectivity index (χ0) is 13.8. The summed E-state index contributed by atoms with van der Waals surface area (Å²) >= 11 is 0. The Morgan fingerprint density at radius 3 is 2.63 bits per heavy atom. The molecule has 108 valence electrons. The molecule has 0 bridgehead atoms. The van der Waals surface area contributed by atoms with E-state index in [0.717, 1.165) is 35.8 Å². The van der Waals surface area contributed by atoms with Gasteiger partial charge in [-0.05, 0) is 62.6 Å². The molecule has 0 aromatic carbocycles. The van der Waals surface area contributed by atoms with Crippen molar-refractivity contribution in [2.45, 2.75) is 59.4 Å². The molecule has 1 N–H and O–H groups in total. The molecule has 19 heavy (non-hydrogen) atoms. The highest BCUT2D eigenvalue weighted by atomic mass is 16.3. The Labute approximate surface area is 118 Å². The number of aryl methyl sites for hydroxylation is 1. The third kappa shape index (κ3) is 3.62. The fourth-order valence-corrected chi connectivity index (χ4v) is 3.31. The molecule has 0 aliphatic heterocycles. The zero-order valence-corrected chi connectivity index (χ0v) is 12.9. The van der Waals surface area contributed by atoms with Crippen LogP contribution in [0, 0.1) is 24.7 Å². The molecule has 4 atom stereocenters. The van der Waals surface area contributed by atoms with Gasteiger partial charge in [-0.25, -0.2) is 0 Å². The number of furan rings is 1. The van der Waals surface area contributed by atoms with Crippen LogP contribution in [0.3, 0.4) is 0 Å². The quantitative estimate of drug-likeness (QED) is 0.833. The van der Waals surface area contributed by atoms with Crippen molar-refractivity contribution in [2.24, 2.45) is 17.8 Å². The molecule has 1 fully saturated rings. The summed E-state index contributed by atoms with van der Waals surface area (Å²) < 4.78 is 5.90. The average Bonchev–Trinajstić information content (AvgIpc) is 2.80. The highest BCUT2D eigenvalue weighted by Gasteiger charge is 2.32. The number of hydrogen-bond donors (Lipinski definition) is 1. The van der Waals surface area contributed by atoms with Crippen LogP contribution in [-0.4, -0.2) is 6.54 Å². The van der Waals surface area contributed by atoms with Crippen LogP contribution >= 0.6 is 0 Å². The summed E-state index contributed by atoms with van der Waals surface area (Å²) in [7, 11) is 0. The molecule has 1 aromatic rings. The second kappa shape index (κ2) is 6.60.